The lowest BCUT2D eigenvalue weighted by atomic mass is 10.2. The molecule has 0 amide bonds. The van der Waals surface area contributed by atoms with Crippen molar-refractivity contribution in [2.45, 2.75) is 26.8 Å². The zero-order valence-corrected chi connectivity index (χ0v) is 14.5. The predicted octanol–water partition coefficient (Wildman–Crippen LogP) is 1.83. The number of hydrogen-bond acceptors (Lipinski definition) is 4. The van der Waals surface area contributed by atoms with E-state index in [1.54, 1.807) is 0 Å². The van der Waals surface area contributed by atoms with E-state index >= 15 is 0 Å². The molecule has 0 atom stereocenters. The van der Waals surface area contributed by atoms with E-state index in [1.807, 2.05) is 39.0 Å². The molecule has 0 unspecified atom stereocenters. The van der Waals surface area contributed by atoms with Gasteiger partial charge in [0.15, 0.2) is 9.76 Å². The Labute approximate surface area is 119 Å². The summed E-state index contributed by atoms with van der Waals surface area (Å²) in [5, 5.41) is 0. The standard InChI is InChI=1S/C13H24O4Si2/c1-4-14-19(15-5-2,16-6-3)17-18-12-13-10-8-7-9-11-13/h7-11H,4-6,12,18H2,1-3H3. The third-order valence-electron chi connectivity index (χ3n) is 2.48. The summed E-state index contributed by atoms with van der Waals surface area (Å²) in [6, 6.07) is 11.3. The van der Waals surface area contributed by atoms with Crippen LogP contribution in [-0.2, 0) is 23.4 Å². The lowest BCUT2D eigenvalue weighted by Crippen LogP contribution is -2.50. The van der Waals surface area contributed by atoms with Crippen LogP contribution in [0, 0.1) is 0 Å². The van der Waals surface area contributed by atoms with Gasteiger partial charge in [-0.3, -0.25) is 0 Å². The van der Waals surface area contributed by atoms with Gasteiger partial charge in [-0.2, -0.15) is 0 Å². The second-order valence-corrected chi connectivity index (χ2v) is 7.81. The highest BCUT2D eigenvalue weighted by molar-refractivity contribution is 6.60. The third kappa shape index (κ3) is 5.98. The average molecular weight is 301 g/mol. The topological polar surface area (TPSA) is 36.9 Å². The first-order chi connectivity index (χ1) is 9.26. The largest absolute Gasteiger partial charge is 0.668 e. The average Bonchev–Trinajstić information content (AvgIpc) is 2.41. The molecule has 0 radical (unpaired) electrons. The van der Waals surface area contributed by atoms with Crippen molar-refractivity contribution in [3.8, 4) is 0 Å². The van der Waals surface area contributed by atoms with Gasteiger partial charge in [0.1, 0.15) is 0 Å². The molecule has 0 bridgehead atoms. The maximum absolute atomic E-state index is 5.97. The van der Waals surface area contributed by atoms with Crippen molar-refractivity contribution in [1.29, 1.82) is 0 Å². The molecule has 19 heavy (non-hydrogen) atoms. The van der Waals surface area contributed by atoms with Gasteiger partial charge >= 0.3 is 9.05 Å². The van der Waals surface area contributed by atoms with E-state index in [4.69, 9.17) is 17.4 Å². The van der Waals surface area contributed by atoms with E-state index in [2.05, 4.69) is 12.1 Å². The van der Waals surface area contributed by atoms with Gasteiger partial charge in [0, 0.05) is 19.8 Å². The van der Waals surface area contributed by atoms with Gasteiger partial charge in [0.25, 0.3) is 0 Å². The van der Waals surface area contributed by atoms with Crippen LogP contribution in [-0.4, -0.2) is 38.6 Å². The van der Waals surface area contributed by atoms with Gasteiger partial charge in [-0.25, -0.2) is 0 Å². The molecule has 4 nitrogen and oxygen atoms in total. The Bertz CT molecular complexity index is 318. The predicted molar refractivity (Wildman–Crippen MR) is 80.4 cm³/mol. The summed E-state index contributed by atoms with van der Waals surface area (Å²) in [4.78, 5) is 0. The lowest BCUT2D eigenvalue weighted by molar-refractivity contribution is 0.0105. The van der Waals surface area contributed by atoms with Gasteiger partial charge in [0.2, 0.25) is 0 Å². The molecule has 0 aliphatic heterocycles. The molecule has 0 N–H and O–H groups in total. The van der Waals surface area contributed by atoms with Crippen LogP contribution < -0.4 is 0 Å². The SMILES string of the molecule is CCO[Si](OCC)(OCC)O[SiH2]Cc1ccccc1. The first kappa shape index (κ1) is 16.5. The molecule has 1 aromatic carbocycles. The molecule has 108 valence electrons. The molecule has 0 aliphatic rings. The quantitative estimate of drug-likeness (QED) is 0.618. The Balaban J connectivity index is 2.51. The van der Waals surface area contributed by atoms with Crippen molar-refractivity contribution >= 4 is 18.8 Å². The van der Waals surface area contributed by atoms with Gasteiger partial charge in [-0.05, 0) is 32.4 Å². The third-order valence-corrected chi connectivity index (χ3v) is 7.41. The van der Waals surface area contributed by atoms with Crippen LogP contribution in [0.1, 0.15) is 26.3 Å². The molecule has 1 rings (SSSR count). The fourth-order valence-electron chi connectivity index (χ4n) is 1.72. The summed E-state index contributed by atoms with van der Waals surface area (Å²) < 4.78 is 22.9. The highest BCUT2D eigenvalue weighted by Crippen LogP contribution is 2.12. The molecule has 6 heteroatoms. The van der Waals surface area contributed by atoms with Gasteiger partial charge in [-0.15, -0.1) is 0 Å². The van der Waals surface area contributed by atoms with Crippen molar-refractivity contribution in [3.05, 3.63) is 35.9 Å². The van der Waals surface area contributed by atoms with Crippen molar-refractivity contribution in [1.82, 2.24) is 0 Å². The molecule has 0 spiro atoms. The Morgan fingerprint density at radius 3 is 1.89 bits per heavy atom. The van der Waals surface area contributed by atoms with E-state index < -0.39 is 18.8 Å². The fourth-order valence-corrected chi connectivity index (χ4v) is 6.01. The Hall–Kier alpha value is -0.506. The van der Waals surface area contributed by atoms with Crippen LogP contribution >= 0.6 is 0 Å². The summed E-state index contributed by atoms with van der Waals surface area (Å²) in [6.45, 7) is 7.44. The molecule has 0 aromatic heterocycles. The van der Waals surface area contributed by atoms with E-state index in [-0.39, 0.29) is 0 Å². The minimum Gasteiger partial charge on any atom is -0.399 e. The Morgan fingerprint density at radius 2 is 1.42 bits per heavy atom. The highest BCUT2D eigenvalue weighted by atomic mass is 28.4. The number of benzene rings is 1. The van der Waals surface area contributed by atoms with Crippen LogP contribution in [0.4, 0.5) is 0 Å². The van der Waals surface area contributed by atoms with E-state index in [0.717, 1.165) is 6.04 Å². The van der Waals surface area contributed by atoms with Crippen LogP contribution in [0.15, 0.2) is 30.3 Å². The highest BCUT2D eigenvalue weighted by Gasteiger charge is 2.43. The normalized spacial score (nSPS) is 12.4. The molecule has 0 fully saturated rings. The van der Waals surface area contributed by atoms with Gasteiger partial charge < -0.3 is 17.4 Å². The van der Waals surface area contributed by atoms with Crippen LogP contribution in [0.3, 0.4) is 0 Å². The monoisotopic (exact) mass is 300 g/mol. The molecule has 0 saturated carbocycles. The fraction of sp³-hybridized carbons (Fsp3) is 0.538. The second kappa shape index (κ2) is 9.41. The van der Waals surface area contributed by atoms with E-state index in [1.165, 1.54) is 5.56 Å². The van der Waals surface area contributed by atoms with Crippen LogP contribution in [0.5, 0.6) is 0 Å². The first-order valence-corrected chi connectivity index (χ1v) is 10.1. The second-order valence-electron chi connectivity index (χ2n) is 3.88. The number of hydrogen-bond donors (Lipinski definition) is 0. The molecule has 1 aromatic rings. The summed E-state index contributed by atoms with van der Waals surface area (Å²) in [5.74, 6) is 0. The summed E-state index contributed by atoms with van der Waals surface area (Å²) in [5.41, 5.74) is 1.29. The summed E-state index contributed by atoms with van der Waals surface area (Å²) >= 11 is 0. The number of rotatable bonds is 10. The molecule has 0 heterocycles. The smallest absolute Gasteiger partial charge is 0.399 e. The van der Waals surface area contributed by atoms with Crippen molar-refractivity contribution < 1.29 is 17.4 Å². The minimum atomic E-state index is -2.89. The minimum absolute atomic E-state index is 0.548. The first-order valence-electron chi connectivity index (χ1n) is 6.86. The molecular weight excluding hydrogens is 276 g/mol. The van der Waals surface area contributed by atoms with Gasteiger partial charge in [0.05, 0.1) is 0 Å². The maximum Gasteiger partial charge on any atom is 0.668 e. The summed E-state index contributed by atoms with van der Waals surface area (Å²) in [6.07, 6.45) is 0. The van der Waals surface area contributed by atoms with Crippen LogP contribution in [0.25, 0.3) is 0 Å². The Kier molecular flexibility index (Phi) is 8.19. The lowest BCUT2D eigenvalue weighted by Gasteiger charge is -2.27. The van der Waals surface area contributed by atoms with E-state index in [9.17, 15) is 0 Å². The van der Waals surface area contributed by atoms with Crippen molar-refractivity contribution in [3.63, 3.8) is 0 Å². The zero-order valence-electron chi connectivity index (χ0n) is 12.1. The molecule has 0 aliphatic carbocycles. The molecular formula is C13H24O4Si2. The molecule has 0 saturated heterocycles. The zero-order chi connectivity index (χ0) is 14.0. The van der Waals surface area contributed by atoms with Crippen molar-refractivity contribution in [2.24, 2.45) is 0 Å². The maximum atomic E-state index is 5.97. The van der Waals surface area contributed by atoms with Gasteiger partial charge in [-0.1, -0.05) is 30.3 Å². The summed E-state index contributed by atoms with van der Waals surface area (Å²) in [7, 11) is -3.65. The van der Waals surface area contributed by atoms with Crippen LogP contribution in [0.2, 0.25) is 0 Å². The van der Waals surface area contributed by atoms with Crippen molar-refractivity contribution in [2.75, 3.05) is 19.8 Å². The van der Waals surface area contributed by atoms with E-state index in [0.29, 0.717) is 19.8 Å². The Morgan fingerprint density at radius 1 is 0.895 bits per heavy atom.